The number of para-hydroxylation sites is 1. The van der Waals surface area contributed by atoms with E-state index in [0.717, 1.165) is 23.7 Å². The number of β-amino-alcohol motifs (C(OH)–C–C–N with tert-alkyl or cyclic N) is 1. The van der Waals surface area contributed by atoms with Crippen molar-refractivity contribution in [1.29, 1.82) is 0 Å². The maximum absolute atomic E-state index is 10.4. The van der Waals surface area contributed by atoms with E-state index >= 15 is 0 Å². The van der Waals surface area contributed by atoms with Crippen molar-refractivity contribution in [2.45, 2.75) is 37.8 Å². The Hall–Kier alpha value is -3.02. The van der Waals surface area contributed by atoms with Crippen molar-refractivity contribution in [2.24, 2.45) is 0 Å². The number of hydrogen-bond donors (Lipinski definition) is 2. The van der Waals surface area contributed by atoms with Crippen molar-refractivity contribution in [2.75, 3.05) is 27.4 Å². The summed E-state index contributed by atoms with van der Waals surface area (Å²) in [6.45, 7) is 5.01. The number of aliphatic hydroxyl groups excluding tert-OH is 1. The molecule has 0 radical (unpaired) electrons. The fourth-order valence-electron chi connectivity index (χ4n) is 3.85. The molecular weight excluding hydrogens is 414 g/mol. The van der Waals surface area contributed by atoms with Crippen LogP contribution in [0.15, 0.2) is 78.9 Å². The lowest BCUT2D eigenvalue weighted by molar-refractivity contribution is 0.0978. The third-order valence-electron chi connectivity index (χ3n) is 5.75. The molecule has 0 saturated heterocycles. The minimum absolute atomic E-state index is 0.169. The molecule has 3 rings (SSSR count). The molecule has 0 unspecified atom stereocenters. The number of rotatable bonds is 12. The van der Waals surface area contributed by atoms with Crippen molar-refractivity contribution in [3.8, 4) is 17.2 Å². The van der Waals surface area contributed by atoms with Gasteiger partial charge < -0.3 is 24.6 Å². The number of aliphatic hydroxyl groups is 1. The van der Waals surface area contributed by atoms with Crippen LogP contribution in [0.5, 0.6) is 17.2 Å². The van der Waals surface area contributed by atoms with E-state index < -0.39 is 6.10 Å². The molecule has 0 saturated carbocycles. The standard InChI is InChI=1S/C28H35NO4/c1-28(2,29-19-23(30)20-33-26-8-6-5-7-9-26)18-27(21-10-14-24(31-3)15-11-21)22-12-16-25(32-4)17-13-22/h5-17,23,27,29-30H,18-20H2,1-4H3/t23-/m0/s1. The Kier molecular flexibility index (Phi) is 8.75. The average Bonchev–Trinajstić information content (AvgIpc) is 2.86. The Morgan fingerprint density at radius 3 is 1.76 bits per heavy atom. The zero-order chi connectivity index (χ0) is 23.7. The van der Waals surface area contributed by atoms with Crippen LogP contribution in [0.1, 0.15) is 37.3 Å². The lowest BCUT2D eigenvalue weighted by Gasteiger charge is -2.32. The van der Waals surface area contributed by atoms with E-state index in [4.69, 9.17) is 14.2 Å². The van der Waals surface area contributed by atoms with Gasteiger partial charge >= 0.3 is 0 Å². The quantitative estimate of drug-likeness (QED) is 0.406. The van der Waals surface area contributed by atoms with Crippen molar-refractivity contribution in [3.63, 3.8) is 0 Å². The summed E-state index contributed by atoms with van der Waals surface area (Å²) >= 11 is 0. The van der Waals surface area contributed by atoms with Gasteiger partial charge in [-0.3, -0.25) is 0 Å². The summed E-state index contributed by atoms with van der Waals surface area (Å²) in [5.74, 6) is 2.61. The summed E-state index contributed by atoms with van der Waals surface area (Å²) in [6.07, 6.45) is 0.239. The molecule has 33 heavy (non-hydrogen) atoms. The molecule has 0 fully saturated rings. The molecular formula is C28H35NO4. The van der Waals surface area contributed by atoms with Gasteiger partial charge in [0.15, 0.2) is 0 Å². The summed E-state index contributed by atoms with van der Waals surface area (Å²) in [5.41, 5.74) is 2.20. The Morgan fingerprint density at radius 2 is 1.27 bits per heavy atom. The van der Waals surface area contributed by atoms with E-state index in [1.807, 2.05) is 54.6 Å². The molecule has 0 aliphatic heterocycles. The third kappa shape index (κ3) is 7.52. The lowest BCUT2D eigenvalue weighted by atomic mass is 9.81. The van der Waals surface area contributed by atoms with Gasteiger partial charge in [-0.15, -0.1) is 0 Å². The highest BCUT2D eigenvalue weighted by atomic mass is 16.5. The fourth-order valence-corrected chi connectivity index (χ4v) is 3.85. The molecule has 3 aromatic rings. The normalized spacial score (nSPS) is 12.4. The first-order valence-electron chi connectivity index (χ1n) is 11.3. The van der Waals surface area contributed by atoms with Gasteiger partial charge in [-0.1, -0.05) is 42.5 Å². The largest absolute Gasteiger partial charge is 0.497 e. The topological polar surface area (TPSA) is 60.0 Å². The van der Waals surface area contributed by atoms with Crippen LogP contribution in [0.25, 0.3) is 0 Å². The van der Waals surface area contributed by atoms with Gasteiger partial charge in [0, 0.05) is 18.0 Å². The molecule has 0 spiro atoms. The summed E-state index contributed by atoms with van der Waals surface area (Å²) in [7, 11) is 3.35. The Morgan fingerprint density at radius 1 is 0.758 bits per heavy atom. The molecule has 176 valence electrons. The average molecular weight is 450 g/mol. The highest BCUT2D eigenvalue weighted by Crippen LogP contribution is 2.34. The summed E-state index contributed by atoms with van der Waals surface area (Å²) in [6, 6.07) is 26.0. The molecule has 0 aromatic heterocycles. The van der Waals surface area contributed by atoms with Crippen LogP contribution in [0.4, 0.5) is 0 Å². The molecule has 5 nitrogen and oxygen atoms in total. The molecule has 0 bridgehead atoms. The van der Waals surface area contributed by atoms with Crippen LogP contribution >= 0.6 is 0 Å². The van der Waals surface area contributed by atoms with Gasteiger partial charge in [0.25, 0.3) is 0 Å². The number of methoxy groups -OCH3 is 2. The van der Waals surface area contributed by atoms with Gasteiger partial charge in [0.2, 0.25) is 0 Å². The minimum atomic E-state index is -0.607. The fraction of sp³-hybridized carbons (Fsp3) is 0.357. The van der Waals surface area contributed by atoms with Gasteiger partial charge in [-0.25, -0.2) is 0 Å². The lowest BCUT2D eigenvalue weighted by Crippen LogP contribution is -2.45. The summed E-state index contributed by atoms with van der Waals surface area (Å²) in [4.78, 5) is 0. The van der Waals surface area contributed by atoms with Gasteiger partial charge in [-0.2, -0.15) is 0 Å². The van der Waals surface area contributed by atoms with Gasteiger partial charge in [0.1, 0.15) is 30.0 Å². The van der Waals surface area contributed by atoms with Crippen molar-refractivity contribution < 1.29 is 19.3 Å². The second kappa shape index (κ2) is 11.7. The van der Waals surface area contributed by atoms with Crippen LogP contribution in [-0.2, 0) is 0 Å². The van der Waals surface area contributed by atoms with Crippen LogP contribution < -0.4 is 19.5 Å². The van der Waals surface area contributed by atoms with Crippen molar-refractivity contribution >= 4 is 0 Å². The zero-order valence-electron chi connectivity index (χ0n) is 20.0. The van der Waals surface area contributed by atoms with Gasteiger partial charge in [-0.05, 0) is 67.8 Å². The molecule has 5 heteroatoms. The number of ether oxygens (including phenoxy) is 3. The van der Waals surface area contributed by atoms with E-state index in [9.17, 15) is 5.11 Å². The Labute approximate surface area is 197 Å². The van der Waals surface area contributed by atoms with Crippen molar-refractivity contribution in [1.82, 2.24) is 5.32 Å². The van der Waals surface area contributed by atoms with E-state index in [1.54, 1.807) is 14.2 Å². The molecule has 0 heterocycles. The van der Waals surface area contributed by atoms with E-state index in [-0.39, 0.29) is 18.1 Å². The molecule has 0 aliphatic rings. The van der Waals surface area contributed by atoms with E-state index in [1.165, 1.54) is 11.1 Å². The Bertz CT molecular complexity index is 908. The molecule has 2 N–H and O–H groups in total. The first kappa shape index (κ1) is 24.6. The van der Waals surface area contributed by atoms with Crippen LogP contribution in [0.3, 0.4) is 0 Å². The van der Waals surface area contributed by atoms with E-state index in [0.29, 0.717) is 6.54 Å². The monoisotopic (exact) mass is 449 g/mol. The zero-order valence-corrected chi connectivity index (χ0v) is 20.0. The van der Waals surface area contributed by atoms with Crippen LogP contribution in [0, 0.1) is 0 Å². The molecule has 1 atom stereocenters. The van der Waals surface area contributed by atoms with E-state index in [2.05, 4.69) is 43.4 Å². The summed E-state index contributed by atoms with van der Waals surface area (Å²) in [5, 5.41) is 14.0. The molecule has 0 amide bonds. The minimum Gasteiger partial charge on any atom is -0.497 e. The van der Waals surface area contributed by atoms with Crippen LogP contribution in [-0.4, -0.2) is 44.1 Å². The number of hydrogen-bond acceptors (Lipinski definition) is 5. The highest BCUT2D eigenvalue weighted by molar-refractivity contribution is 5.38. The predicted octanol–water partition coefficient (Wildman–Crippen LogP) is 5.03. The number of nitrogens with one attached hydrogen (secondary N) is 1. The molecule has 0 aliphatic carbocycles. The van der Waals surface area contributed by atoms with Crippen LogP contribution in [0.2, 0.25) is 0 Å². The third-order valence-corrected chi connectivity index (χ3v) is 5.75. The predicted molar refractivity (Wildman–Crippen MR) is 132 cm³/mol. The second-order valence-corrected chi connectivity index (χ2v) is 8.85. The smallest absolute Gasteiger partial charge is 0.119 e. The maximum atomic E-state index is 10.4. The number of benzene rings is 3. The first-order chi connectivity index (χ1) is 15.9. The first-order valence-corrected chi connectivity index (χ1v) is 11.3. The second-order valence-electron chi connectivity index (χ2n) is 8.85. The summed E-state index contributed by atoms with van der Waals surface area (Å²) < 4.78 is 16.4. The van der Waals surface area contributed by atoms with Gasteiger partial charge in [0.05, 0.1) is 14.2 Å². The van der Waals surface area contributed by atoms with Crippen molar-refractivity contribution in [3.05, 3.63) is 90.0 Å². The maximum Gasteiger partial charge on any atom is 0.119 e. The highest BCUT2D eigenvalue weighted by Gasteiger charge is 2.26. The Balaban J connectivity index is 1.67. The molecule has 3 aromatic carbocycles. The SMILES string of the molecule is COc1ccc(C(CC(C)(C)NC[C@H](O)COc2ccccc2)c2ccc(OC)cc2)cc1.